The van der Waals surface area contributed by atoms with E-state index in [9.17, 15) is 4.79 Å². The van der Waals surface area contributed by atoms with E-state index in [1.54, 1.807) is 11.3 Å². The van der Waals surface area contributed by atoms with Gasteiger partial charge in [-0.2, -0.15) is 0 Å². The second-order valence-electron chi connectivity index (χ2n) is 6.15. The highest BCUT2D eigenvalue weighted by Gasteiger charge is 2.20. The van der Waals surface area contributed by atoms with Crippen LogP contribution >= 0.6 is 11.3 Å². The van der Waals surface area contributed by atoms with Gasteiger partial charge in [0, 0.05) is 43.7 Å². The highest BCUT2D eigenvalue weighted by atomic mass is 32.1. The third-order valence-electron chi connectivity index (χ3n) is 4.23. The molecule has 0 unspecified atom stereocenters. The molecule has 1 aliphatic heterocycles. The van der Waals surface area contributed by atoms with Crippen molar-refractivity contribution in [3.05, 3.63) is 51.5 Å². The second-order valence-corrected chi connectivity index (χ2v) is 7.21. The van der Waals surface area contributed by atoms with Crippen LogP contribution in [0.2, 0.25) is 0 Å². The summed E-state index contributed by atoms with van der Waals surface area (Å²) in [7, 11) is 0. The quantitative estimate of drug-likeness (QED) is 0.868. The van der Waals surface area contributed by atoms with Crippen LogP contribution in [-0.2, 0) is 6.54 Å². The van der Waals surface area contributed by atoms with E-state index >= 15 is 0 Å². The van der Waals surface area contributed by atoms with E-state index in [4.69, 9.17) is 0 Å². The maximum absolute atomic E-state index is 12.6. The molecule has 1 fully saturated rings. The van der Waals surface area contributed by atoms with Crippen LogP contribution in [0, 0.1) is 13.8 Å². The second kappa shape index (κ2) is 7.23. The highest BCUT2D eigenvalue weighted by molar-refractivity contribution is 7.09. The van der Waals surface area contributed by atoms with E-state index in [2.05, 4.69) is 15.3 Å². The Kier molecular flexibility index (Phi) is 5.08. The van der Waals surface area contributed by atoms with Crippen LogP contribution in [0.4, 0.5) is 0 Å². The van der Waals surface area contributed by atoms with Gasteiger partial charge in [-0.15, -0.1) is 11.3 Å². The molecule has 4 nitrogen and oxygen atoms in total. The first-order valence-corrected chi connectivity index (χ1v) is 8.99. The van der Waals surface area contributed by atoms with E-state index in [0.717, 1.165) is 55.4 Å². The van der Waals surface area contributed by atoms with Gasteiger partial charge in [-0.1, -0.05) is 17.7 Å². The average Bonchev–Trinajstić information content (AvgIpc) is 2.81. The Hall–Kier alpha value is -1.72. The molecule has 2 aromatic rings. The van der Waals surface area contributed by atoms with Crippen molar-refractivity contribution < 1.29 is 4.79 Å². The Morgan fingerprint density at radius 2 is 1.91 bits per heavy atom. The molecule has 122 valence electrons. The van der Waals surface area contributed by atoms with Crippen molar-refractivity contribution in [3.63, 3.8) is 0 Å². The summed E-state index contributed by atoms with van der Waals surface area (Å²) in [5, 5.41) is 3.25. The summed E-state index contributed by atoms with van der Waals surface area (Å²) in [4.78, 5) is 21.6. The van der Waals surface area contributed by atoms with E-state index in [1.165, 1.54) is 5.56 Å². The number of hydrogen-bond acceptors (Lipinski definition) is 4. The van der Waals surface area contributed by atoms with Crippen LogP contribution in [0.3, 0.4) is 0 Å². The Balaban J connectivity index is 1.59. The van der Waals surface area contributed by atoms with Crippen molar-refractivity contribution in [1.29, 1.82) is 0 Å². The van der Waals surface area contributed by atoms with E-state index in [0.29, 0.717) is 0 Å². The zero-order valence-corrected chi connectivity index (χ0v) is 14.6. The first kappa shape index (κ1) is 16.1. The molecule has 1 aromatic heterocycles. The number of rotatable bonds is 3. The number of aryl methyl sites for hydroxylation is 2. The van der Waals surface area contributed by atoms with Gasteiger partial charge >= 0.3 is 0 Å². The minimum atomic E-state index is 0.149. The van der Waals surface area contributed by atoms with Gasteiger partial charge < -0.3 is 4.90 Å². The predicted octanol–water partition coefficient (Wildman–Crippen LogP) is 3.11. The number of nitrogens with zero attached hydrogens (tertiary/aromatic N) is 3. The molecule has 3 rings (SSSR count). The van der Waals surface area contributed by atoms with Crippen molar-refractivity contribution in [2.45, 2.75) is 26.8 Å². The number of hydrogen-bond donors (Lipinski definition) is 0. The number of thiazole rings is 1. The molecular formula is C18H23N3OS. The Bertz CT molecular complexity index is 665. The fourth-order valence-corrected chi connectivity index (χ4v) is 3.52. The standard InChI is InChI=1S/C18H23N3OS/c1-14-4-6-16(7-5-14)18(22)21-9-3-8-20(10-11-21)12-17-13-23-15(2)19-17/h4-7,13H,3,8-12H2,1-2H3. The molecule has 1 saturated heterocycles. The summed E-state index contributed by atoms with van der Waals surface area (Å²) in [6.45, 7) is 8.52. The van der Waals surface area contributed by atoms with Gasteiger partial charge in [0.15, 0.2) is 0 Å². The maximum Gasteiger partial charge on any atom is 0.253 e. The molecular weight excluding hydrogens is 306 g/mol. The highest BCUT2D eigenvalue weighted by Crippen LogP contribution is 2.14. The smallest absolute Gasteiger partial charge is 0.253 e. The van der Waals surface area contributed by atoms with E-state index < -0.39 is 0 Å². The van der Waals surface area contributed by atoms with Crippen LogP contribution in [0.15, 0.2) is 29.6 Å². The molecule has 5 heteroatoms. The van der Waals surface area contributed by atoms with Gasteiger partial charge in [0.25, 0.3) is 5.91 Å². The number of benzene rings is 1. The Morgan fingerprint density at radius 1 is 1.13 bits per heavy atom. The maximum atomic E-state index is 12.6. The minimum absolute atomic E-state index is 0.149. The summed E-state index contributed by atoms with van der Waals surface area (Å²) in [6.07, 6.45) is 1.01. The van der Waals surface area contributed by atoms with Crippen LogP contribution in [0.25, 0.3) is 0 Å². The van der Waals surface area contributed by atoms with Crippen molar-refractivity contribution in [1.82, 2.24) is 14.8 Å². The summed E-state index contributed by atoms with van der Waals surface area (Å²) in [5.74, 6) is 0.149. The molecule has 0 saturated carbocycles. The molecule has 23 heavy (non-hydrogen) atoms. The molecule has 0 bridgehead atoms. The zero-order chi connectivity index (χ0) is 16.2. The third kappa shape index (κ3) is 4.18. The summed E-state index contributed by atoms with van der Waals surface area (Å²) in [5.41, 5.74) is 3.12. The Morgan fingerprint density at radius 3 is 2.61 bits per heavy atom. The summed E-state index contributed by atoms with van der Waals surface area (Å²) < 4.78 is 0. The minimum Gasteiger partial charge on any atom is -0.337 e. The monoisotopic (exact) mass is 329 g/mol. The number of carbonyl (C=O) groups is 1. The topological polar surface area (TPSA) is 36.4 Å². The lowest BCUT2D eigenvalue weighted by atomic mass is 10.1. The zero-order valence-electron chi connectivity index (χ0n) is 13.8. The third-order valence-corrected chi connectivity index (χ3v) is 5.05. The summed E-state index contributed by atoms with van der Waals surface area (Å²) >= 11 is 1.70. The van der Waals surface area contributed by atoms with Gasteiger partial charge in [-0.3, -0.25) is 9.69 Å². The molecule has 0 N–H and O–H groups in total. The SMILES string of the molecule is Cc1ccc(C(=O)N2CCCN(Cc3csc(C)n3)CC2)cc1. The van der Waals surface area contributed by atoms with Crippen LogP contribution in [0.5, 0.6) is 0 Å². The lowest BCUT2D eigenvalue weighted by Gasteiger charge is -2.21. The number of aromatic nitrogens is 1. The lowest BCUT2D eigenvalue weighted by Crippen LogP contribution is -2.35. The van der Waals surface area contributed by atoms with Crippen molar-refractivity contribution in [2.75, 3.05) is 26.2 Å². The average molecular weight is 329 g/mol. The van der Waals surface area contributed by atoms with Crippen molar-refractivity contribution >= 4 is 17.2 Å². The van der Waals surface area contributed by atoms with Gasteiger partial charge in [-0.05, 0) is 32.4 Å². The van der Waals surface area contributed by atoms with E-state index in [-0.39, 0.29) is 5.91 Å². The normalized spacial score (nSPS) is 16.3. The molecule has 1 aromatic carbocycles. The number of amides is 1. The van der Waals surface area contributed by atoms with Crippen LogP contribution < -0.4 is 0 Å². The van der Waals surface area contributed by atoms with E-state index in [1.807, 2.05) is 43.0 Å². The molecule has 1 amide bonds. The molecule has 0 spiro atoms. The van der Waals surface area contributed by atoms with Crippen LogP contribution in [-0.4, -0.2) is 46.9 Å². The molecule has 0 atom stereocenters. The molecule has 0 aliphatic carbocycles. The van der Waals surface area contributed by atoms with Crippen molar-refractivity contribution in [3.8, 4) is 0 Å². The van der Waals surface area contributed by atoms with Crippen molar-refractivity contribution in [2.24, 2.45) is 0 Å². The predicted molar refractivity (Wildman–Crippen MR) is 93.8 cm³/mol. The summed E-state index contributed by atoms with van der Waals surface area (Å²) in [6, 6.07) is 7.86. The fraction of sp³-hybridized carbons (Fsp3) is 0.444. The van der Waals surface area contributed by atoms with Gasteiger partial charge in [0.05, 0.1) is 10.7 Å². The molecule has 0 radical (unpaired) electrons. The number of carbonyl (C=O) groups excluding carboxylic acids is 1. The lowest BCUT2D eigenvalue weighted by molar-refractivity contribution is 0.0761. The van der Waals surface area contributed by atoms with Crippen LogP contribution in [0.1, 0.15) is 33.0 Å². The van der Waals surface area contributed by atoms with Gasteiger partial charge in [0.1, 0.15) is 0 Å². The molecule has 1 aliphatic rings. The molecule has 2 heterocycles. The van der Waals surface area contributed by atoms with Gasteiger partial charge in [0.2, 0.25) is 0 Å². The first-order valence-electron chi connectivity index (χ1n) is 8.11. The first-order chi connectivity index (χ1) is 11.1. The fourth-order valence-electron chi connectivity index (χ4n) is 2.92. The largest absolute Gasteiger partial charge is 0.337 e. The van der Waals surface area contributed by atoms with Gasteiger partial charge in [-0.25, -0.2) is 4.98 Å². The Labute approximate surface area is 141 Å².